The van der Waals surface area contributed by atoms with E-state index >= 15 is 0 Å². The second-order valence-corrected chi connectivity index (χ2v) is 7.58. The predicted molar refractivity (Wildman–Crippen MR) is 92.0 cm³/mol. The van der Waals surface area contributed by atoms with Crippen LogP contribution in [0.1, 0.15) is 16.7 Å². The summed E-state index contributed by atoms with van der Waals surface area (Å²) >= 11 is 11.4. The fourth-order valence-electron chi connectivity index (χ4n) is 2.48. The van der Waals surface area contributed by atoms with Crippen molar-refractivity contribution in [1.82, 2.24) is 0 Å². The number of benzene rings is 2. The highest BCUT2D eigenvalue weighted by molar-refractivity contribution is 9.17. The van der Waals surface area contributed by atoms with E-state index in [9.17, 15) is 0 Å². The quantitative estimate of drug-likeness (QED) is 0.501. The third kappa shape index (κ3) is 2.26. The number of allylic oxidation sites excluding steroid dienone is 1. The first-order valence-electron chi connectivity index (χ1n) is 6.01. The molecule has 0 radical (unpaired) electrons. The van der Waals surface area contributed by atoms with Crippen molar-refractivity contribution in [2.24, 2.45) is 0 Å². The molecule has 0 heterocycles. The van der Waals surface area contributed by atoms with Gasteiger partial charge in [-0.1, -0.05) is 86.5 Å². The van der Waals surface area contributed by atoms with Gasteiger partial charge in [0.25, 0.3) is 0 Å². The first-order valence-corrected chi connectivity index (χ1v) is 8.39. The van der Waals surface area contributed by atoms with Crippen molar-refractivity contribution in [2.45, 2.75) is 10.7 Å². The summed E-state index contributed by atoms with van der Waals surface area (Å²) in [5, 5.41) is 0. The monoisotopic (exact) mass is 440 g/mol. The highest BCUT2D eigenvalue weighted by Gasteiger charge is 2.41. The summed E-state index contributed by atoms with van der Waals surface area (Å²) in [4.78, 5) is 0. The van der Waals surface area contributed by atoms with Crippen molar-refractivity contribution < 1.29 is 0 Å². The Hall–Kier alpha value is -0.380. The third-order valence-electron chi connectivity index (χ3n) is 3.42. The second-order valence-electron chi connectivity index (χ2n) is 4.64. The van der Waals surface area contributed by atoms with E-state index in [0.717, 1.165) is 15.4 Å². The molecule has 96 valence electrons. The van der Waals surface area contributed by atoms with E-state index in [2.05, 4.69) is 96.3 Å². The molecule has 0 saturated heterocycles. The van der Waals surface area contributed by atoms with Crippen LogP contribution in [0, 0.1) is 0 Å². The molecule has 3 rings (SSSR count). The molecule has 0 spiro atoms. The maximum atomic E-state index is 3.95. The number of hydrogen-bond acceptors (Lipinski definition) is 0. The van der Waals surface area contributed by atoms with E-state index in [0.29, 0.717) is 0 Å². The smallest absolute Gasteiger partial charge is 0.0739 e. The van der Waals surface area contributed by atoms with Gasteiger partial charge in [-0.2, -0.15) is 0 Å². The van der Waals surface area contributed by atoms with Gasteiger partial charge in [-0.25, -0.2) is 0 Å². The fourth-order valence-corrected chi connectivity index (χ4v) is 4.87. The normalized spacial score (nSPS) is 21.6. The summed E-state index contributed by atoms with van der Waals surface area (Å²) in [5.41, 5.74) is 3.87. The van der Waals surface area contributed by atoms with Gasteiger partial charge in [0.1, 0.15) is 0 Å². The lowest BCUT2D eigenvalue weighted by molar-refractivity contribution is 0.788. The van der Waals surface area contributed by atoms with Crippen molar-refractivity contribution in [3.63, 3.8) is 0 Å². The zero-order valence-electron chi connectivity index (χ0n) is 10.0. The minimum absolute atomic E-state index is 0.177. The summed E-state index contributed by atoms with van der Waals surface area (Å²) < 4.78 is 2.12. The van der Waals surface area contributed by atoms with Crippen LogP contribution in [0.4, 0.5) is 0 Å². The molecular formula is C16H11Br3. The van der Waals surface area contributed by atoms with E-state index in [4.69, 9.17) is 0 Å². The van der Waals surface area contributed by atoms with Gasteiger partial charge in [-0.05, 0) is 39.0 Å². The lowest BCUT2D eigenvalue weighted by Gasteiger charge is -2.25. The largest absolute Gasteiger partial charge is 0.0877 e. The Morgan fingerprint density at radius 2 is 1.47 bits per heavy atom. The highest BCUT2D eigenvalue weighted by atomic mass is 79.9. The van der Waals surface area contributed by atoms with Crippen LogP contribution in [0.3, 0.4) is 0 Å². The molecule has 3 heteroatoms. The average Bonchev–Trinajstić information content (AvgIpc) is 2.63. The van der Waals surface area contributed by atoms with Crippen molar-refractivity contribution in [3.8, 4) is 0 Å². The Balaban J connectivity index is 2.09. The standard InChI is InChI=1S/C16H11Br3/c17-14-12-8-4-5-9-13(12)16(19,15(14)18)10-11-6-2-1-3-7-11/h1-9H,10H2. The maximum absolute atomic E-state index is 3.95. The highest BCUT2D eigenvalue weighted by Crippen LogP contribution is 2.56. The number of halogens is 3. The lowest BCUT2D eigenvalue weighted by atomic mass is 9.93. The number of fused-ring (bicyclic) bond motifs is 1. The van der Waals surface area contributed by atoms with Crippen LogP contribution in [0.25, 0.3) is 4.48 Å². The summed E-state index contributed by atoms with van der Waals surface area (Å²) in [5.74, 6) is 0. The molecular weight excluding hydrogens is 432 g/mol. The molecule has 1 aliphatic carbocycles. The average molecular weight is 443 g/mol. The Morgan fingerprint density at radius 3 is 2.21 bits per heavy atom. The van der Waals surface area contributed by atoms with E-state index < -0.39 is 0 Å². The molecule has 0 N–H and O–H groups in total. The number of hydrogen-bond donors (Lipinski definition) is 0. The van der Waals surface area contributed by atoms with Gasteiger partial charge < -0.3 is 0 Å². The van der Waals surface area contributed by atoms with Crippen molar-refractivity contribution >= 4 is 52.3 Å². The van der Waals surface area contributed by atoms with Crippen LogP contribution >= 0.6 is 47.8 Å². The zero-order chi connectivity index (χ0) is 13.5. The molecule has 1 atom stereocenters. The van der Waals surface area contributed by atoms with Crippen molar-refractivity contribution in [2.75, 3.05) is 0 Å². The summed E-state index contributed by atoms with van der Waals surface area (Å²) in [7, 11) is 0. The van der Waals surface area contributed by atoms with Crippen LogP contribution in [0.5, 0.6) is 0 Å². The van der Waals surface area contributed by atoms with Gasteiger partial charge in [0.15, 0.2) is 0 Å². The van der Waals surface area contributed by atoms with Gasteiger partial charge in [0.05, 0.1) is 4.32 Å². The van der Waals surface area contributed by atoms with E-state index in [1.807, 2.05) is 6.07 Å². The first kappa shape index (κ1) is 13.6. The molecule has 0 aliphatic heterocycles. The van der Waals surface area contributed by atoms with E-state index in [1.54, 1.807) is 0 Å². The fraction of sp³-hybridized carbons (Fsp3) is 0.125. The van der Waals surface area contributed by atoms with Gasteiger partial charge in [0.2, 0.25) is 0 Å². The minimum atomic E-state index is -0.177. The van der Waals surface area contributed by atoms with Crippen LogP contribution in [-0.4, -0.2) is 0 Å². The van der Waals surface area contributed by atoms with Gasteiger partial charge in [0, 0.05) is 8.96 Å². The zero-order valence-corrected chi connectivity index (χ0v) is 14.8. The van der Waals surface area contributed by atoms with E-state index in [-0.39, 0.29) is 4.32 Å². The van der Waals surface area contributed by atoms with Crippen LogP contribution < -0.4 is 0 Å². The summed E-state index contributed by atoms with van der Waals surface area (Å²) in [6.07, 6.45) is 0.917. The molecule has 2 aromatic rings. The minimum Gasteiger partial charge on any atom is -0.0739 e. The Labute approximate surface area is 138 Å². The molecule has 0 bridgehead atoms. The van der Waals surface area contributed by atoms with Gasteiger partial charge in [-0.3, -0.25) is 0 Å². The number of alkyl halides is 1. The Bertz CT molecular complexity index is 646. The molecule has 1 unspecified atom stereocenters. The molecule has 0 nitrogen and oxygen atoms in total. The number of rotatable bonds is 2. The molecule has 2 aromatic carbocycles. The molecule has 0 fully saturated rings. The van der Waals surface area contributed by atoms with Gasteiger partial charge >= 0.3 is 0 Å². The molecule has 0 aromatic heterocycles. The molecule has 1 aliphatic rings. The van der Waals surface area contributed by atoms with Crippen molar-refractivity contribution in [1.29, 1.82) is 0 Å². The summed E-state index contributed by atoms with van der Waals surface area (Å²) in [6, 6.07) is 19.0. The molecule has 0 amide bonds. The predicted octanol–water partition coefficient (Wildman–Crippen LogP) is 5.99. The van der Waals surface area contributed by atoms with Crippen LogP contribution in [0.15, 0.2) is 59.1 Å². The van der Waals surface area contributed by atoms with Gasteiger partial charge in [-0.15, -0.1) is 0 Å². The second kappa shape index (κ2) is 5.19. The topological polar surface area (TPSA) is 0 Å². The Kier molecular flexibility index (Phi) is 3.71. The first-order chi connectivity index (χ1) is 9.13. The Morgan fingerprint density at radius 1 is 0.842 bits per heavy atom. The third-order valence-corrected chi connectivity index (χ3v) is 7.49. The van der Waals surface area contributed by atoms with Crippen molar-refractivity contribution in [3.05, 3.63) is 75.8 Å². The lowest BCUT2D eigenvalue weighted by Crippen LogP contribution is -2.19. The molecule has 0 saturated carbocycles. The molecule has 19 heavy (non-hydrogen) atoms. The SMILES string of the molecule is BrC1=C(Br)C(Br)(Cc2ccccc2)c2ccccc21. The van der Waals surface area contributed by atoms with Crippen LogP contribution in [0.2, 0.25) is 0 Å². The van der Waals surface area contributed by atoms with Crippen LogP contribution in [-0.2, 0) is 10.7 Å². The summed E-state index contributed by atoms with van der Waals surface area (Å²) in [6.45, 7) is 0. The van der Waals surface area contributed by atoms with E-state index in [1.165, 1.54) is 16.7 Å². The maximum Gasteiger partial charge on any atom is 0.0877 e.